The summed E-state index contributed by atoms with van der Waals surface area (Å²) in [5, 5.41) is 6.97. The number of urea groups is 1. The summed E-state index contributed by atoms with van der Waals surface area (Å²) in [5.41, 5.74) is 7.05. The fourth-order valence-corrected chi connectivity index (χ4v) is 2.58. The lowest BCUT2D eigenvalue weighted by Crippen LogP contribution is -2.45. The number of nitrogens with one attached hydrogen (secondary N) is 2. The first kappa shape index (κ1) is 20.2. The number of hydrazone groups is 1. The average molecular weight is 364 g/mol. The van der Waals surface area contributed by atoms with Gasteiger partial charge in [-0.1, -0.05) is 42.5 Å². The Bertz CT molecular complexity index is 836. The number of carbonyl (C=O) groups is 1. The van der Waals surface area contributed by atoms with Crippen LogP contribution < -0.4 is 15.6 Å². The van der Waals surface area contributed by atoms with Gasteiger partial charge in [0, 0.05) is 19.8 Å². The van der Waals surface area contributed by atoms with E-state index in [-0.39, 0.29) is 6.03 Å². The van der Waals surface area contributed by atoms with E-state index in [0.717, 1.165) is 28.0 Å². The van der Waals surface area contributed by atoms with Gasteiger partial charge in [0.1, 0.15) is 0 Å². The van der Waals surface area contributed by atoms with Crippen molar-refractivity contribution in [1.82, 2.24) is 10.7 Å². The third kappa shape index (κ3) is 5.71. The molecule has 0 aliphatic heterocycles. The van der Waals surface area contributed by atoms with Crippen molar-refractivity contribution in [3.63, 3.8) is 0 Å². The van der Waals surface area contributed by atoms with Gasteiger partial charge >= 0.3 is 6.03 Å². The number of hydrogen-bond donors (Lipinski definition) is 2. The molecule has 2 aromatic carbocycles. The van der Waals surface area contributed by atoms with Gasteiger partial charge in [0.25, 0.3) is 0 Å². The summed E-state index contributed by atoms with van der Waals surface area (Å²) in [6.45, 7) is 9.84. The fourth-order valence-electron chi connectivity index (χ4n) is 2.58. The number of carbonyl (C=O) groups excluding carboxylic acids is 1. The smallest absolute Gasteiger partial charge is 0.335 e. The van der Waals surface area contributed by atoms with Crippen LogP contribution in [0.2, 0.25) is 0 Å². The highest BCUT2D eigenvalue weighted by molar-refractivity contribution is 5.82. The van der Waals surface area contributed by atoms with Crippen molar-refractivity contribution in [2.75, 3.05) is 19.0 Å². The maximum atomic E-state index is 12.2. The summed E-state index contributed by atoms with van der Waals surface area (Å²) < 4.78 is 0. The summed E-state index contributed by atoms with van der Waals surface area (Å²) in [5.74, 6) is 0. The SMILES string of the molecule is C=C(C)c1cccc(C(C)(C)NC(=O)N/N=C/c2ccc(N(C)C)cc2)c1. The van der Waals surface area contributed by atoms with Crippen LogP contribution in [0.25, 0.3) is 5.57 Å². The van der Waals surface area contributed by atoms with Crippen LogP contribution in [0.4, 0.5) is 10.5 Å². The summed E-state index contributed by atoms with van der Waals surface area (Å²) >= 11 is 0. The minimum Gasteiger partial charge on any atom is -0.378 e. The van der Waals surface area contributed by atoms with E-state index in [1.54, 1.807) is 6.21 Å². The van der Waals surface area contributed by atoms with E-state index in [2.05, 4.69) is 22.4 Å². The molecule has 2 aromatic rings. The van der Waals surface area contributed by atoms with Gasteiger partial charge in [0.05, 0.1) is 11.8 Å². The predicted molar refractivity (Wildman–Crippen MR) is 114 cm³/mol. The minimum atomic E-state index is -0.543. The second-order valence-corrected chi connectivity index (χ2v) is 7.30. The summed E-state index contributed by atoms with van der Waals surface area (Å²) in [6, 6.07) is 15.5. The van der Waals surface area contributed by atoms with Gasteiger partial charge in [-0.05, 0) is 55.7 Å². The maximum absolute atomic E-state index is 12.2. The Morgan fingerprint density at radius 1 is 1.15 bits per heavy atom. The molecule has 2 rings (SSSR count). The zero-order valence-electron chi connectivity index (χ0n) is 16.7. The van der Waals surface area contributed by atoms with E-state index < -0.39 is 5.54 Å². The molecule has 2 amide bonds. The molecule has 5 nitrogen and oxygen atoms in total. The Labute approximate surface area is 161 Å². The van der Waals surface area contributed by atoms with Crippen LogP contribution in [0.15, 0.2) is 60.2 Å². The zero-order valence-corrected chi connectivity index (χ0v) is 16.7. The number of anilines is 1. The van der Waals surface area contributed by atoms with Crippen LogP contribution in [-0.4, -0.2) is 26.3 Å². The molecule has 0 spiro atoms. The van der Waals surface area contributed by atoms with E-state index in [1.165, 1.54) is 0 Å². The molecule has 0 fully saturated rings. The van der Waals surface area contributed by atoms with E-state index >= 15 is 0 Å². The molecule has 27 heavy (non-hydrogen) atoms. The van der Waals surface area contributed by atoms with Crippen LogP contribution in [0.1, 0.15) is 37.5 Å². The monoisotopic (exact) mass is 364 g/mol. The van der Waals surface area contributed by atoms with E-state index in [1.807, 2.05) is 88.3 Å². The topological polar surface area (TPSA) is 56.7 Å². The maximum Gasteiger partial charge on any atom is 0.335 e. The molecule has 0 saturated heterocycles. The highest BCUT2D eigenvalue weighted by Crippen LogP contribution is 2.23. The Morgan fingerprint density at radius 3 is 2.41 bits per heavy atom. The predicted octanol–water partition coefficient (Wildman–Crippen LogP) is 4.35. The zero-order chi connectivity index (χ0) is 20.0. The minimum absolute atomic E-state index is 0.359. The van der Waals surface area contributed by atoms with Gasteiger partial charge in [-0.25, -0.2) is 10.2 Å². The van der Waals surface area contributed by atoms with Gasteiger partial charge in [0.15, 0.2) is 0 Å². The number of rotatable bonds is 6. The Morgan fingerprint density at radius 2 is 1.81 bits per heavy atom. The van der Waals surface area contributed by atoms with Crippen molar-refractivity contribution >= 4 is 23.5 Å². The molecule has 0 aromatic heterocycles. The molecule has 0 aliphatic rings. The molecule has 0 unspecified atom stereocenters. The quantitative estimate of drug-likeness (QED) is 0.591. The molecule has 5 heteroatoms. The first-order valence-corrected chi connectivity index (χ1v) is 8.84. The van der Waals surface area contributed by atoms with Crippen LogP contribution in [0.5, 0.6) is 0 Å². The summed E-state index contributed by atoms with van der Waals surface area (Å²) in [6.07, 6.45) is 1.62. The third-order valence-corrected chi connectivity index (χ3v) is 4.29. The summed E-state index contributed by atoms with van der Waals surface area (Å²) in [4.78, 5) is 14.2. The average Bonchev–Trinajstić information content (AvgIpc) is 2.62. The molecular weight excluding hydrogens is 336 g/mol. The second kappa shape index (κ2) is 8.54. The standard InChI is InChI=1S/C22H28N4O/c1-16(2)18-8-7-9-19(14-18)22(3,4)24-21(27)25-23-15-17-10-12-20(13-11-17)26(5)6/h7-15H,1H2,2-6H3,(H2,24,25,27)/b23-15+. The van der Waals surface area contributed by atoms with Gasteiger partial charge in [-0.3, -0.25) is 0 Å². The molecule has 2 N–H and O–H groups in total. The van der Waals surface area contributed by atoms with Crippen LogP contribution >= 0.6 is 0 Å². The van der Waals surface area contributed by atoms with E-state index in [9.17, 15) is 4.79 Å². The Kier molecular flexibility index (Phi) is 6.40. The molecule has 0 radical (unpaired) electrons. The van der Waals surface area contributed by atoms with E-state index in [4.69, 9.17) is 0 Å². The van der Waals surface area contributed by atoms with Gasteiger partial charge in [0.2, 0.25) is 0 Å². The van der Waals surface area contributed by atoms with Gasteiger partial charge in [-0.2, -0.15) is 5.10 Å². The van der Waals surface area contributed by atoms with Crippen molar-refractivity contribution < 1.29 is 4.79 Å². The number of allylic oxidation sites excluding steroid dienone is 1. The van der Waals surface area contributed by atoms with Crippen molar-refractivity contribution in [2.24, 2.45) is 5.10 Å². The number of amides is 2. The largest absolute Gasteiger partial charge is 0.378 e. The van der Waals surface area contributed by atoms with E-state index in [0.29, 0.717) is 0 Å². The first-order valence-electron chi connectivity index (χ1n) is 8.84. The lowest BCUT2D eigenvalue weighted by Gasteiger charge is -2.27. The highest BCUT2D eigenvalue weighted by Gasteiger charge is 2.23. The fraction of sp³-hybridized carbons (Fsp3) is 0.273. The van der Waals surface area contributed by atoms with Crippen LogP contribution in [0, 0.1) is 0 Å². The van der Waals surface area contributed by atoms with Crippen molar-refractivity contribution in [3.8, 4) is 0 Å². The Balaban J connectivity index is 1.97. The molecular formula is C22H28N4O. The summed E-state index contributed by atoms with van der Waals surface area (Å²) in [7, 11) is 3.98. The van der Waals surface area contributed by atoms with Crippen molar-refractivity contribution in [1.29, 1.82) is 0 Å². The first-order chi connectivity index (χ1) is 12.7. The molecule has 0 atom stereocenters. The highest BCUT2D eigenvalue weighted by atomic mass is 16.2. The van der Waals surface area contributed by atoms with Crippen LogP contribution in [-0.2, 0) is 5.54 Å². The second-order valence-electron chi connectivity index (χ2n) is 7.30. The lowest BCUT2D eigenvalue weighted by molar-refractivity contribution is 0.230. The van der Waals surface area contributed by atoms with Gasteiger partial charge < -0.3 is 10.2 Å². The van der Waals surface area contributed by atoms with Crippen molar-refractivity contribution in [2.45, 2.75) is 26.3 Å². The molecule has 0 aliphatic carbocycles. The number of benzene rings is 2. The third-order valence-electron chi connectivity index (χ3n) is 4.29. The Hall–Kier alpha value is -3.08. The number of nitrogens with zero attached hydrogens (tertiary/aromatic N) is 2. The normalized spacial score (nSPS) is 11.3. The van der Waals surface area contributed by atoms with Crippen LogP contribution in [0.3, 0.4) is 0 Å². The molecule has 0 bridgehead atoms. The van der Waals surface area contributed by atoms with Crippen molar-refractivity contribution in [3.05, 3.63) is 71.8 Å². The lowest BCUT2D eigenvalue weighted by atomic mass is 9.92. The number of hydrogen-bond acceptors (Lipinski definition) is 3. The molecule has 0 saturated carbocycles. The van der Waals surface area contributed by atoms with Gasteiger partial charge in [-0.15, -0.1) is 0 Å². The molecule has 0 heterocycles. The molecule has 142 valence electrons.